The standard InChI is InChI=1S/C14H21BrO2/c1-2-3-4-13(15)14(16)17-9-12-8-10-5-6-11(12)7-10/h5-6,10-13H,2-4,7-9H2,1H3. The monoisotopic (exact) mass is 300 g/mol. The van der Waals surface area contributed by atoms with E-state index in [-0.39, 0.29) is 10.8 Å². The van der Waals surface area contributed by atoms with Crippen LogP contribution in [0, 0.1) is 17.8 Å². The SMILES string of the molecule is CCCCC(Br)C(=O)OCC1CC2C=CC1C2. The Morgan fingerprint density at radius 2 is 2.29 bits per heavy atom. The van der Waals surface area contributed by atoms with E-state index in [0.29, 0.717) is 18.4 Å². The maximum Gasteiger partial charge on any atom is 0.319 e. The topological polar surface area (TPSA) is 26.3 Å². The minimum Gasteiger partial charge on any atom is -0.465 e. The van der Waals surface area contributed by atoms with E-state index in [0.717, 1.165) is 25.2 Å². The van der Waals surface area contributed by atoms with Crippen LogP contribution >= 0.6 is 15.9 Å². The summed E-state index contributed by atoms with van der Waals surface area (Å²) in [4.78, 5) is 11.6. The van der Waals surface area contributed by atoms with Gasteiger partial charge in [-0.15, -0.1) is 0 Å². The average molecular weight is 301 g/mol. The summed E-state index contributed by atoms with van der Waals surface area (Å²) in [6, 6.07) is 0. The van der Waals surface area contributed by atoms with Crippen molar-refractivity contribution in [2.75, 3.05) is 6.61 Å². The van der Waals surface area contributed by atoms with Gasteiger partial charge in [0.25, 0.3) is 0 Å². The fourth-order valence-corrected chi connectivity index (χ4v) is 3.32. The van der Waals surface area contributed by atoms with Gasteiger partial charge >= 0.3 is 5.97 Å². The third-order valence-corrected chi connectivity index (χ3v) is 4.75. The first-order chi connectivity index (χ1) is 8.20. The third-order valence-electron chi connectivity index (χ3n) is 3.92. The molecule has 2 aliphatic rings. The number of halogens is 1. The zero-order valence-corrected chi connectivity index (χ0v) is 12.0. The second kappa shape index (κ2) is 6.03. The maximum absolute atomic E-state index is 11.7. The molecule has 4 atom stereocenters. The first kappa shape index (κ1) is 13.1. The van der Waals surface area contributed by atoms with Gasteiger partial charge in [0, 0.05) is 0 Å². The van der Waals surface area contributed by atoms with E-state index in [9.17, 15) is 4.79 Å². The fourth-order valence-electron chi connectivity index (χ4n) is 2.87. The predicted octanol–water partition coefficient (Wildman–Crippen LogP) is 3.70. The third kappa shape index (κ3) is 3.34. The molecule has 0 saturated heterocycles. The van der Waals surface area contributed by atoms with Crippen molar-refractivity contribution < 1.29 is 9.53 Å². The maximum atomic E-state index is 11.7. The number of allylic oxidation sites excluding steroid dienone is 2. The van der Waals surface area contributed by atoms with Crippen molar-refractivity contribution in [1.29, 1.82) is 0 Å². The Balaban J connectivity index is 1.68. The van der Waals surface area contributed by atoms with Crippen LogP contribution in [0.25, 0.3) is 0 Å². The Hall–Kier alpha value is -0.310. The Bertz CT molecular complexity index is 301. The van der Waals surface area contributed by atoms with Crippen LogP contribution < -0.4 is 0 Å². The summed E-state index contributed by atoms with van der Waals surface area (Å²) in [7, 11) is 0. The lowest BCUT2D eigenvalue weighted by Gasteiger charge is -2.18. The molecule has 0 aromatic heterocycles. The van der Waals surface area contributed by atoms with Crippen LogP contribution in [0.1, 0.15) is 39.0 Å². The number of hydrogen-bond donors (Lipinski definition) is 0. The van der Waals surface area contributed by atoms with Gasteiger partial charge < -0.3 is 4.74 Å². The van der Waals surface area contributed by atoms with Gasteiger partial charge in [-0.1, -0.05) is 47.8 Å². The van der Waals surface area contributed by atoms with E-state index in [1.165, 1.54) is 12.8 Å². The predicted molar refractivity (Wildman–Crippen MR) is 72.0 cm³/mol. The highest BCUT2D eigenvalue weighted by atomic mass is 79.9. The first-order valence-electron chi connectivity index (χ1n) is 6.69. The summed E-state index contributed by atoms with van der Waals surface area (Å²) in [6.07, 6.45) is 10.2. The number of esters is 1. The number of ether oxygens (including phenoxy) is 1. The minimum absolute atomic E-state index is 0.0785. The molecule has 0 aliphatic heterocycles. The fraction of sp³-hybridized carbons (Fsp3) is 0.786. The van der Waals surface area contributed by atoms with Gasteiger partial charge in [0.2, 0.25) is 0 Å². The number of alkyl halides is 1. The van der Waals surface area contributed by atoms with Crippen LogP contribution in [0.3, 0.4) is 0 Å². The van der Waals surface area contributed by atoms with Crippen molar-refractivity contribution in [1.82, 2.24) is 0 Å². The molecule has 4 unspecified atom stereocenters. The molecule has 0 heterocycles. The molecule has 96 valence electrons. The summed E-state index contributed by atoms with van der Waals surface area (Å²) in [5, 5.41) is 0. The van der Waals surface area contributed by atoms with Crippen molar-refractivity contribution in [3.63, 3.8) is 0 Å². The first-order valence-corrected chi connectivity index (χ1v) is 7.61. The lowest BCUT2D eigenvalue weighted by molar-refractivity contribution is -0.144. The Kier molecular flexibility index (Phi) is 4.66. The van der Waals surface area contributed by atoms with Crippen molar-refractivity contribution in [3.8, 4) is 0 Å². The van der Waals surface area contributed by atoms with Crippen LogP contribution in [0.15, 0.2) is 12.2 Å². The molecule has 1 saturated carbocycles. The Morgan fingerprint density at radius 3 is 2.88 bits per heavy atom. The lowest BCUT2D eigenvalue weighted by Crippen LogP contribution is -2.23. The number of rotatable bonds is 6. The number of carbonyl (C=O) groups excluding carboxylic acids is 1. The van der Waals surface area contributed by atoms with Crippen molar-refractivity contribution in [2.24, 2.45) is 17.8 Å². The van der Waals surface area contributed by atoms with E-state index >= 15 is 0 Å². The van der Waals surface area contributed by atoms with E-state index in [1.54, 1.807) is 0 Å². The molecule has 3 heteroatoms. The summed E-state index contributed by atoms with van der Waals surface area (Å²) in [5.41, 5.74) is 0. The van der Waals surface area contributed by atoms with Crippen molar-refractivity contribution in [3.05, 3.63) is 12.2 Å². The largest absolute Gasteiger partial charge is 0.465 e. The Labute approximate surface area is 112 Å². The molecule has 0 aromatic rings. The van der Waals surface area contributed by atoms with Crippen LogP contribution in [0.4, 0.5) is 0 Å². The average Bonchev–Trinajstić information content (AvgIpc) is 2.94. The number of carbonyl (C=O) groups is 1. The van der Waals surface area contributed by atoms with Gasteiger partial charge in [-0.2, -0.15) is 0 Å². The van der Waals surface area contributed by atoms with Gasteiger partial charge in [0.05, 0.1) is 6.61 Å². The lowest BCUT2D eigenvalue weighted by atomic mass is 9.95. The molecule has 2 nitrogen and oxygen atoms in total. The van der Waals surface area contributed by atoms with Crippen LogP contribution in [-0.4, -0.2) is 17.4 Å². The summed E-state index contributed by atoms with van der Waals surface area (Å²) < 4.78 is 5.42. The highest BCUT2D eigenvalue weighted by molar-refractivity contribution is 9.10. The molecular formula is C14H21BrO2. The molecular weight excluding hydrogens is 280 g/mol. The number of unbranched alkanes of at least 4 members (excludes halogenated alkanes) is 1. The van der Waals surface area contributed by atoms with Gasteiger partial charge in [0.15, 0.2) is 0 Å². The zero-order valence-electron chi connectivity index (χ0n) is 10.4. The quantitative estimate of drug-likeness (QED) is 0.425. The molecule has 0 spiro atoms. The molecule has 2 rings (SSSR count). The molecule has 17 heavy (non-hydrogen) atoms. The molecule has 2 bridgehead atoms. The highest BCUT2D eigenvalue weighted by Gasteiger charge is 2.36. The number of hydrogen-bond acceptors (Lipinski definition) is 2. The molecule has 2 aliphatic carbocycles. The van der Waals surface area contributed by atoms with E-state index < -0.39 is 0 Å². The Morgan fingerprint density at radius 1 is 1.47 bits per heavy atom. The smallest absolute Gasteiger partial charge is 0.319 e. The van der Waals surface area contributed by atoms with Crippen LogP contribution in [-0.2, 0) is 9.53 Å². The van der Waals surface area contributed by atoms with Gasteiger partial charge in [-0.05, 0) is 37.0 Å². The molecule has 0 amide bonds. The molecule has 1 fully saturated rings. The van der Waals surface area contributed by atoms with Gasteiger partial charge in [0.1, 0.15) is 4.83 Å². The van der Waals surface area contributed by atoms with Gasteiger partial charge in [-0.3, -0.25) is 4.79 Å². The van der Waals surface area contributed by atoms with Crippen LogP contribution in [0.2, 0.25) is 0 Å². The second-order valence-electron chi connectivity index (χ2n) is 5.28. The molecule has 0 N–H and O–H groups in total. The summed E-state index contributed by atoms with van der Waals surface area (Å²) >= 11 is 3.41. The number of fused-ring (bicyclic) bond motifs is 2. The zero-order chi connectivity index (χ0) is 12.3. The normalized spacial score (nSPS) is 31.8. The summed E-state index contributed by atoms with van der Waals surface area (Å²) in [5.74, 6) is 1.91. The van der Waals surface area contributed by atoms with Crippen LogP contribution in [0.5, 0.6) is 0 Å². The second-order valence-corrected chi connectivity index (χ2v) is 6.39. The molecule has 0 radical (unpaired) electrons. The highest BCUT2D eigenvalue weighted by Crippen LogP contribution is 2.43. The van der Waals surface area contributed by atoms with E-state index in [1.807, 2.05) is 0 Å². The van der Waals surface area contributed by atoms with E-state index in [2.05, 4.69) is 35.0 Å². The minimum atomic E-state index is -0.114. The summed E-state index contributed by atoms with van der Waals surface area (Å²) in [6.45, 7) is 2.74. The van der Waals surface area contributed by atoms with Crippen molar-refractivity contribution in [2.45, 2.75) is 43.9 Å². The van der Waals surface area contributed by atoms with Crippen molar-refractivity contribution >= 4 is 21.9 Å². The van der Waals surface area contributed by atoms with Gasteiger partial charge in [-0.25, -0.2) is 0 Å². The molecule has 0 aromatic carbocycles. The van der Waals surface area contributed by atoms with E-state index in [4.69, 9.17) is 4.74 Å².